The Morgan fingerprint density at radius 3 is 1.55 bits per heavy atom. The van der Waals surface area contributed by atoms with Gasteiger partial charge in [0.1, 0.15) is 0 Å². The van der Waals surface area contributed by atoms with Crippen LogP contribution in [0.2, 0.25) is 0 Å². The van der Waals surface area contributed by atoms with Gasteiger partial charge < -0.3 is 5.32 Å². The second-order valence-electron chi connectivity index (χ2n) is 5.45. The minimum atomic E-state index is -1.54. The summed E-state index contributed by atoms with van der Waals surface area (Å²) < 4.78 is 16.1. The van der Waals surface area contributed by atoms with Crippen LogP contribution in [0.3, 0.4) is 0 Å². The molecule has 0 amide bonds. The zero-order chi connectivity index (χ0) is 14.6. The fourth-order valence-electron chi connectivity index (χ4n) is 2.88. The molecule has 20 heavy (non-hydrogen) atoms. The van der Waals surface area contributed by atoms with Gasteiger partial charge in [0.2, 0.25) is 0 Å². The first-order chi connectivity index (χ1) is 9.60. The van der Waals surface area contributed by atoms with Crippen molar-refractivity contribution in [3.05, 3.63) is 71.8 Å². The number of hydrogen-bond donors (Lipinski definition) is 1. The lowest BCUT2D eigenvalue weighted by atomic mass is 9.77. The van der Waals surface area contributed by atoms with Crippen molar-refractivity contribution < 1.29 is 4.39 Å². The Labute approximate surface area is 120 Å². The van der Waals surface area contributed by atoms with E-state index < -0.39 is 5.67 Å². The predicted molar refractivity (Wildman–Crippen MR) is 82.5 cm³/mol. The first-order valence-corrected chi connectivity index (χ1v) is 7.08. The average molecular weight is 271 g/mol. The molecular formula is C18H22FN. The molecule has 0 saturated heterocycles. The third kappa shape index (κ3) is 2.61. The van der Waals surface area contributed by atoms with Crippen molar-refractivity contribution >= 4 is 0 Å². The largest absolute Gasteiger partial charge is 0.313 e. The van der Waals surface area contributed by atoms with Crippen LogP contribution in [0.15, 0.2) is 60.7 Å². The molecule has 0 aliphatic rings. The molecule has 2 aromatic carbocycles. The molecule has 0 radical (unpaired) electrons. The Morgan fingerprint density at radius 1 is 0.850 bits per heavy atom. The number of alkyl halides is 1. The molecule has 2 heteroatoms. The van der Waals surface area contributed by atoms with E-state index in [1.807, 2.05) is 81.6 Å². The molecule has 2 rings (SSSR count). The fourth-order valence-corrected chi connectivity index (χ4v) is 2.88. The second-order valence-corrected chi connectivity index (χ2v) is 5.45. The highest BCUT2D eigenvalue weighted by molar-refractivity contribution is 5.38. The van der Waals surface area contributed by atoms with Gasteiger partial charge in [0.15, 0.2) is 5.67 Å². The SMILES string of the molecule is CN[C@@H](C(C)C)C(F)(c1ccccc1)c1ccccc1. The van der Waals surface area contributed by atoms with Crippen molar-refractivity contribution in [2.45, 2.75) is 25.6 Å². The number of rotatable bonds is 5. The highest BCUT2D eigenvalue weighted by Crippen LogP contribution is 2.39. The predicted octanol–water partition coefficient (Wildman–Crippen LogP) is 4.14. The van der Waals surface area contributed by atoms with E-state index in [1.165, 1.54) is 0 Å². The number of nitrogens with one attached hydrogen (secondary N) is 1. The molecule has 0 fully saturated rings. The Balaban J connectivity index is 2.60. The molecule has 0 unspecified atom stereocenters. The van der Waals surface area contributed by atoms with E-state index >= 15 is 4.39 Å². The van der Waals surface area contributed by atoms with Gasteiger partial charge in [-0.2, -0.15) is 0 Å². The van der Waals surface area contributed by atoms with E-state index in [2.05, 4.69) is 5.32 Å². The smallest absolute Gasteiger partial charge is 0.176 e. The quantitative estimate of drug-likeness (QED) is 0.861. The van der Waals surface area contributed by atoms with E-state index in [0.29, 0.717) is 11.1 Å². The first-order valence-electron chi connectivity index (χ1n) is 7.08. The van der Waals surface area contributed by atoms with E-state index in [1.54, 1.807) is 0 Å². The van der Waals surface area contributed by atoms with E-state index in [0.717, 1.165) is 0 Å². The summed E-state index contributed by atoms with van der Waals surface area (Å²) in [6, 6.07) is 18.5. The minimum absolute atomic E-state index is 0.172. The van der Waals surface area contributed by atoms with Crippen molar-refractivity contribution in [2.75, 3.05) is 7.05 Å². The van der Waals surface area contributed by atoms with Crippen LogP contribution in [0, 0.1) is 5.92 Å². The van der Waals surface area contributed by atoms with E-state index in [4.69, 9.17) is 0 Å². The normalized spacial score (nSPS) is 13.4. The van der Waals surface area contributed by atoms with Gasteiger partial charge in [0.05, 0.1) is 6.04 Å². The molecule has 1 atom stereocenters. The van der Waals surface area contributed by atoms with Crippen molar-refractivity contribution in [3.8, 4) is 0 Å². The molecule has 0 heterocycles. The Kier molecular flexibility index (Phi) is 4.56. The summed E-state index contributed by atoms with van der Waals surface area (Å²) >= 11 is 0. The topological polar surface area (TPSA) is 12.0 Å². The highest BCUT2D eigenvalue weighted by Gasteiger charge is 2.43. The van der Waals surface area contributed by atoms with Gasteiger partial charge in [-0.3, -0.25) is 0 Å². The molecule has 0 saturated carbocycles. The van der Waals surface area contributed by atoms with Crippen LogP contribution in [0.25, 0.3) is 0 Å². The minimum Gasteiger partial charge on any atom is -0.313 e. The maximum absolute atomic E-state index is 16.1. The fraction of sp³-hybridized carbons (Fsp3) is 0.333. The van der Waals surface area contributed by atoms with Crippen LogP contribution in [-0.4, -0.2) is 13.1 Å². The van der Waals surface area contributed by atoms with Crippen LogP contribution in [0.5, 0.6) is 0 Å². The van der Waals surface area contributed by atoms with Crippen molar-refractivity contribution in [3.63, 3.8) is 0 Å². The number of benzene rings is 2. The van der Waals surface area contributed by atoms with Gasteiger partial charge in [-0.15, -0.1) is 0 Å². The molecule has 1 N–H and O–H groups in total. The second kappa shape index (κ2) is 6.19. The van der Waals surface area contributed by atoms with Gasteiger partial charge in [-0.1, -0.05) is 74.5 Å². The lowest BCUT2D eigenvalue weighted by molar-refractivity contribution is 0.126. The van der Waals surface area contributed by atoms with Crippen LogP contribution >= 0.6 is 0 Å². The molecule has 0 spiro atoms. The first kappa shape index (κ1) is 14.7. The molecule has 106 valence electrons. The monoisotopic (exact) mass is 271 g/mol. The molecule has 1 nitrogen and oxygen atoms in total. The maximum atomic E-state index is 16.1. The Hall–Kier alpha value is -1.67. The number of halogens is 1. The summed E-state index contributed by atoms with van der Waals surface area (Å²) in [5, 5.41) is 3.16. The molecule has 2 aromatic rings. The lowest BCUT2D eigenvalue weighted by Crippen LogP contribution is -2.48. The van der Waals surface area contributed by atoms with Gasteiger partial charge >= 0.3 is 0 Å². The van der Waals surface area contributed by atoms with E-state index in [-0.39, 0.29) is 12.0 Å². The molecule has 0 aliphatic heterocycles. The molecule has 0 bridgehead atoms. The summed E-state index contributed by atoms with van der Waals surface area (Å²) in [6.07, 6.45) is 0. The molecular weight excluding hydrogens is 249 g/mol. The van der Waals surface area contributed by atoms with Gasteiger partial charge in [0, 0.05) is 0 Å². The van der Waals surface area contributed by atoms with Crippen LogP contribution in [0.1, 0.15) is 25.0 Å². The van der Waals surface area contributed by atoms with E-state index in [9.17, 15) is 0 Å². The number of hydrogen-bond acceptors (Lipinski definition) is 1. The standard InChI is InChI=1S/C18H22FN/c1-14(2)17(20-3)18(19,15-10-6-4-7-11-15)16-12-8-5-9-13-16/h4-14,17,20H,1-3H3/t17-/m0/s1. The third-order valence-electron chi connectivity index (χ3n) is 3.79. The van der Waals surface area contributed by atoms with Crippen LogP contribution in [0.4, 0.5) is 4.39 Å². The zero-order valence-electron chi connectivity index (χ0n) is 12.3. The zero-order valence-corrected chi connectivity index (χ0v) is 12.3. The van der Waals surface area contributed by atoms with Gasteiger partial charge in [0.25, 0.3) is 0 Å². The Bertz CT molecular complexity index is 482. The van der Waals surface area contributed by atoms with Crippen molar-refractivity contribution in [1.29, 1.82) is 0 Å². The Morgan fingerprint density at radius 2 is 1.25 bits per heavy atom. The molecule has 0 aliphatic carbocycles. The van der Waals surface area contributed by atoms with Crippen LogP contribution in [-0.2, 0) is 5.67 Å². The number of likely N-dealkylation sites (N-methyl/N-ethyl adjacent to an activating group) is 1. The van der Waals surface area contributed by atoms with Crippen molar-refractivity contribution in [1.82, 2.24) is 5.32 Å². The van der Waals surface area contributed by atoms with Gasteiger partial charge in [-0.05, 0) is 24.1 Å². The average Bonchev–Trinajstić information content (AvgIpc) is 2.49. The van der Waals surface area contributed by atoms with Crippen molar-refractivity contribution in [2.24, 2.45) is 5.92 Å². The summed E-state index contributed by atoms with van der Waals surface area (Å²) in [4.78, 5) is 0. The summed E-state index contributed by atoms with van der Waals surface area (Å²) in [7, 11) is 1.82. The molecule has 0 aromatic heterocycles. The summed E-state index contributed by atoms with van der Waals surface area (Å²) in [6.45, 7) is 4.09. The highest BCUT2D eigenvalue weighted by atomic mass is 19.1. The maximum Gasteiger partial charge on any atom is 0.176 e. The summed E-state index contributed by atoms with van der Waals surface area (Å²) in [5.41, 5.74) is -0.149. The summed E-state index contributed by atoms with van der Waals surface area (Å²) in [5.74, 6) is 0.172. The van der Waals surface area contributed by atoms with Gasteiger partial charge in [-0.25, -0.2) is 4.39 Å². The van der Waals surface area contributed by atoms with Crippen LogP contribution < -0.4 is 5.32 Å². The lowest BCUT2D eigenvalue weighted by Gasteiger charge is -2.37. The third-order valence-corrected chi connectivity index (χ3v) is 3.79.